The van der Waals surface area contributed by atoms with E-state index in [1.54, 1.807) is 29.5 Å². The fourth-order valence-electron chi connectivity index (χ4n) is 2.62. The third-order valence-corrected chi connectivity index (χ3v) is 3.65. The Hall–Kier alpha value is -3.02. The molecule has 0 radical (unpaired) electrons. The Morgan fingerprint density at radius 2 is 1.86 bits per heavy atom. The van der Waals surface area contributed by atoms with Gasteiger partial charge in [0.2, 0.25) is 0 Å². The molecule has 0 aliphatic heterocycles. The van der Waals surface area contributed by atoms with E-state index >= 15 is 0 Å². The minimum absolute atomic E-state index is 0.171. The van der Waals surface area contributed by atoms with Crippen LogP contribution in [0.5, 0.6) is 0 Å². The number of aromatic nitrogens is 5. The van der Waals surface area contributed by atoms with Crippen molar-refractivity contribution in [2.45, 2.75) is 6.04 Å². The molecular weight excluding hydrogens is 281 g/mol. The minimum Gasteiger partial charge on any atom is -0.345 e. The fourth-order valence-corrected chi connectivity index (χ4v) is 2.62. The highest BCUT2D eigenvalue weighted by Crippen LogP contribution is 2.27. The molecule has 0 saturated heterocycles. The van der Waals surface area contributed by atoms with Crippen LogP contribution in [0, 0.1) is 5.82 Å². The molecule has 4 aromatic rings. The van der Waals surface area contributed by atoms with Crippen molar-refractivity contribution in [2.75, 3.05) is 0 Å². The van der Waals surface area contributed by atoms with Crippen molar-refractivity contribution in [2.24, 2.45) is 0 Å². The third-order valence-electron chi connectivity index (χ3n) is 3.65. The molecular formula is C16H12FN5. The van der Waals surface area contributed by atoms with Crippen LogP contribution >= 0.6 is 0 Å². The van der Waals surface area contributed by atoms with E-state index in [1.807, 2.05) is 18.2 Å². The molecule has 6 heteroatoms. The quantitative estimate of drug-likeness (QED) is 0.632. The maximum Gasteiger partial charge on any atom is 0.137 e. The first-order valence-electron chi connectivity index (χ1n) is 6.84. The van der Waals surface area contributed by atoms with Gasteiger partial charge in [-0.15, -0.1) is 0 Å². The Balaban J connectivity index is 1.87. The second kappa shape index (κ2) is 5.07. The first kappa shape index (κ1) is 12.7. The van der Waals surface area contributed by atoms with Gasteiger partial charge in [0.05, 0.1) is 17.4 Å². The summed E-state index contributed by atoms with van der Waals surface area (Å²) in [7, 11) is 0. The van der Waals surface area contributed by atoms with Crippen molar-refractivity contribution in [1.29, 1.82) is 0 Å². The first-order chi connectivity index (χ1) is 10.8. The number of aromatic amines is 1. The topological polar surface area (TPSA) is 59.4 Å². The van der Waals surface area contributed by atoms with E-state index in [9.17, 15) is 4.39 Å². The van der Waals surface area contributed by atoms with E-state index in [0.29, 0.717) is 0 Å². The Morgan fingerprint density at radius 1 is 1.05 bits per heavy atom. The highest BCUT2D eigenvalue weighted by atomic mass is 19.1. The minimum atomic E-state index is -0.259. The molecule has 5 nitrogen and oxygen atoms in total. The number of imidazole rings is 1. The Morgan fingerprint density at radius 3 is 2.64 bits per heavy atom. The molecule has 2 aromatic carbocycles. The summed E-state index contributed by atoms with van der Waals surface area (Å²) < 4.78 is 15.0. The average molecular weight is 293 g/mol. The molecule has 0 aliphatic rings. The van der Waals surface area contributed by atoms with Gasteiger partial charge in [0, 0.05) is 0 Å². The molecule has 0 fully saturated rings. The van der Waals surface area contributed by atoms with Crippen LogP contribution in [-0.4, -0.2) is 24.7 Å². The Bertz CT molecular complexity index is 896. The maximum absolute atomic E-state index is 13.2. The lowest BCUT2D eigenvalue weighted by atomic mass is 9.98. The van der Waals surface area contributed by atoms with Crippen LogP contribution in [-0.2, 0) is 0 Å². The molecule has 0 aliphatic carbocycles. The molecule has 108 valence electrons. The van der Waals surface area contributed by atoms with Gasteiger partial charge < -0.3 is 4.98 Å². The number of rotatable bonds is 3. The van der Waals surface area contributed by atoms with Gasteiger partial charge in [-0.2, -0.15) is 5.10 Å². The SMILES string of the molecule is Fc1ccc(C(c2ccc3nc[nH]c3c2)n2cncn2)cc1. The number of halogens is 1. The molecule has 0 bridgehead atoms. The molecule has 1 atom stereocenters. The van der Waals surface area contributed by atoms with Gasteiger partial charge in [-0.05, 0) is 35.4 Å². The normalized spacial score (nSPS) is 12.6. The number of benzene rings is 2. The van der Waals surface area contributed by atoms with Gasteiger partial charge in [0.1, 0.15) is 24.5 Å². The summed E-state index contributed by atoms with van der Waals surface area (Å²) in [5.41, 5.74) is 3.81. The molecule has 0 saturated carbocycles. The van der Waals surface area contributed by atoms with Crippen LogP contribution in [0.4, 0.5) is 4.39 Å². The molecule has 4 rings (SSSR count). The number of hydrogen-bond acceptors (Lipinski definition) is 3. The van der Waals surface area contributed by atoms with Crippen molar-refractivity contribution in [3.05, 3.63) is 78.4 Å². The van der Waals surface area contributed by atoms with Crippen molar-refractivity contribution < 1.29 is 4.39 Å². The standard InChI is InChI=1S/C16H12FN5/c17-13-4-1-11(2-5-13)16(22-10-18-8-21-22)12-3-6-14-15(7-12)20-9-19-14/h1-10,16H,(H,19,20). The summed E-state index contributed by atoms with van der Waals surface area (Å²) in [4.78, 5) is 11.4. The van der Waals surface area contributed by atoms with E-state index < -0.39 is 0 Å². The van der Waals surface area contributed by atoms with Crippen molar-refractivity contribution >= 4 is 11.0 Å². The summed E-state index contributed by atoms with van der Waals surface area (Å²) >= 11 is 0. The second-order valence-electron chi connectivity index (χ2n) is 5.01. The van der Waals surface area contributed by atoms with Crippen LogP contribution in [0.3, 0.4) is 0 Å². The summed E-state index contributed by atoms with van der Waals surface area (Å²) in [6, 6.07) is 12.2. The molecule has 2 aromatic heterocycles. The van der Waals surface area contributed by atoms with Gasteiger partial charge >= 0.3 is 0 Å². The van der Waals surface area contributed by atoms with Crippen LogP contribution in [0.1, 0.15) is 17.2 Å². The lowest BCUT2D eigenvalue weighted by Gasteiger charge is -2.18. The average Bonchev–Trinajstić information content (AvgIpc) is 3.20. The summed E-state index contributed by atoms with van der Waals surface area (Å²) in [6.45, 7) is 0. The van der Waals surface area contributed by atoms with Crippen LogP contribution < -0.4 is 0 Å². The Kier molecular flexibility index (Phi) is 2.93. The first-order valence-corrected chi connectivity index (χ1v) is 6.84. The van der Waals surface area contributed by atoms with Crippen LogP contribution in [0.25, 0.3) is 11.0 Å². The maximum atomic E-state index is 13.2. The number of H-pyrrole nitrogens is 1. The zero-order valence-electron chi connectivity index (χ0n) is 11.5. The third kappa shape index (κ3) is 2.14. The molecule has 0 amide bonds. The van der Waals surface area contributed by atoms with E-state index in [2.05, 4.69) is 20.1 Å². The van der Waals surface area contributed by atoms with E-state index in [4.69, 9.17) is 0 Å². The second-order valence-corrected chi connectivity index (χ2v) is 5.01. The number of fused-ring (bicyclic) bond motifs is 1. The fraction of sp³-hybridized carbons (Fsp3) is 0.0625. The summed E-state index contributed by atoms with van der Waals surface area (Å²) in [6.07, 6.45) is 4.81. The summed E-state index contributed by atoms with van der Waals surface area (Å²) in [5, 5.41) is 4.25. The highest BCUT2D eigenvalue weighted by Gasteiger charge is 2.18. The largest absolute Gasteiger partial charge is 0.345 e. The zero-order chi connectivity index (χ0) is 14.9. The smallest absolute Gasteiger partial charge is 0.137 e. The highest BCUT2D eigenvalue weighted by molar-refractivity contribution is 5.75. The van der Waals surface area contributed by atoms with Gasteiger partial charge in [0.15, 0.2) is 0 Å². The molecule has 1 N–H and O–H groups in total. The number of nitrogens with one attached hydrogen (secondary N) is 1. The number of hydrogen-bond donors (Lipinski definition) is 1. The lowest BCUT2D eigenvalue weighted by molar-refractivity contribution is 0.589. The van der Waals surface area contributed by atoms with Crippen LogP contribution in [0.2, 0.25) is 0 Å². The van der Waals surface area contributed by atoms with Crippen molar-refractivity contribution in [3.8, 4) is 0 Å². The molecule has 1 unspecified atom stereocenters. The van der Waals surface area contributed by atoms with E-state index in [-0.39, 0.29) is 11.9 Å². The predicted octanol–water partition coefficient (Wildman–Crippen LogP) is 2.93. The van der Waals surface area contributed by atoms with E-state index in [0.717, 1.165) is 22.2 Å². The van der Waals surface area contributed by atoms with Crippen molar-refractivity contribution in [3.63, 3.8) is 0 Å². The van der Waals surface area contributed by atoms with Gasteiger partial charge in [-0.25, -0.2) is 19.0 Å². The van der Waals surface area contributed by atoms with Crippen molar-refractivity contribution in [1.82, 2.24) is 24.7 Å². The van der Waals surface area contributed by atoms with Gasteiger partial charge in [-0.1, -0.05) is 18.2 Å². The predicted molar refractivity (Wildman–Crippen MR) is 79.8 cm³/mol. The molecule has 2 heterocycles. The molecule has 0 spiro atoms. The van der Waals surface area contributed by atoms with Gasteiger partial charge in [-0.3, -0.25) is 0 Å². The molecule has 22 heavy (non-hydrogen) atoms. The number of nitrogens with zero attached hydrogens (tertiary/aromatic N) is 4. The van der Waals surface area contributed by atoms with E-state index in [1.165, 1.54) is 18.5 Å². The monoisotopic (exact) mass is 293 g/mol. The summed E-state index contributed by atoms with van der Waals surface area (Å²) in [5.74, 6) is -0.259. The van der Waals surface area contributed by atoms with Gasteiger partial charge in [0.25, 0.3) is 0 Å². The Labute approximate surface area is 125 Å². The lowest BCUT2D eigenvalue weighted by Crippen LogP contribution is -2.13. The zero-order valence-corrected chi connectivity index (χ0v) is 11.5. The van der Waals surface area contributed by atoms with Crippen LogP contribution in [0.15, 0.2) is 61.4 Å².